The van der Waals surface area contributed by atoms with Crippen molar-refractivity contribution < 1.29 is 42.9 Å². The van der Waals surface area contributed by atoms with Crippen LogP contribution in [0.3, 0.4) is 0 Å². The van der Waals surface area contributed by atoms with Gasteiger partial charge < -0.3 is 40.3 Å². The number of rotatable bonds is 21. The van der Waals surface area contributed by atoms with E-state index in [0.717, 1.165) is 0 Å². The number of nitrogens with zero attached hydrogens (tertiary/aromatic N) is 2. The molecule has 2 rings (SSSR count). The van der Waals surface area contributed by atoms with Gasteiger partial charge in [-0.2, -0.15) is 0 Å². The van der Waals surface area contributed by atoms with Crippen molar-refractivity contribution in [1.82, 2.24) is 25.8 Å². The Labute approximate surface area is 315 Å². The predicted octanol–water partition coefficient (Wildman–Crippen LogP) is 3.24. The molecule has 13 nitrogen and oxygen atoms in total. The van der Waals surface area contributed by atoms with Crippen molar-refractivity contribution in [2.24, 2.45) is 23.7 Å². The molecule has 0 bridgehead atoms. The summed E-state index contributed by atoms with van der Waals surface area (Å²) in [6.45, 7) is 13.7. The van der Waals surface area contributed by atoms with Crippen molar-refractivity contribution in [2.45, 2.75) is 123 Å². The molecule has 1 aliphatic rings. The summed E-state index contributed by atoms with van der Waals surface area (Å²) in [7, 11) is 6.36. The molecule has 14 heteroatoms. The molecule has 4 unspecified atom stereocenters. The second-order valence-electron chi connectivity index (χ2n) is 15.0. The maximum Gasteiger partial charge on any atom is 0.326 e. The van der Waals surface area contributed by atoms with Crippen LogP contribution in [0.5, 0.6) is 0 Å². The van der Waals surface area contributed by atoms with E-state index in [1.54, 1.807) is 36.9 Å². The van der Waals surface area contributed by atoms with Crippen LogP contribution in [0.2, 0.25) is 0 Å². The van der Waals surface area contributed by atoms with Crippen molar-refractivity contribution in [1.29, 1.82) is 0 Å². The summed E-state index contributed by atoms with van der Waals surface area (Å²) in [5, 5.41) is 18.4. The van der Waals surface area contributed by atoms with Crippen LogP contribution in [0.25, 0.3) is 0 Å². The Hall–Kier alpha value is -3.62. The standard InChI is InChI=1S/C39H64FN5O8/c1-12-24(6)34(44(9)38(49)33(23(4)5)43-37(48)32(41-8)22(2)3)30(52-10)21-31(46)45-19-15-18-29(45)35(53-11)25(7)36(47)42-28(39(50)51)20-26-16-13-14-17-27(26)40/h13-14,16-17,22-25,28-30,32-35,41H,12,15,18-21H2,1-11H3,(H,42,47)(H,43,48)(H,50,51)/t24-,25+,28-,29-,30?,32?,33-,34?,35?/m0/s1. The van der Waals surface area contributed by atoms with Crippen LogP contribution in [-0.2, 0) is 39.9 Å². The largest absolute Gasteiger partial charge is 0.480 e. The fraction of sp³-hybridized carbons (Fsp3) is 0.718. The molecule has 1 aromatic carbocycles. The second-order valence-corrected chi connectivity index (χ2v) is 15.0. The molecule has 0 spiro atoms. The minimum atomic E-state index is -1.37. The number of carbonyl (C=O) groups excluding carboxylic acids is 4. The van der Waals surface area contributed by atoms with Crippen molar-refractivity contribution in [3.8, 4) is 0 Å². The first-order chi connectivity index (χ1) is 24.9. The number of hydrogen-bond acceptors (Lipinski definition) is 8. The van der Waals surface area contributed by atoms with E-state index < -0.39 is 66.0 Å². The summed E-state index contributed by atoms with van der Waals surface area (Å²) >= 11 is 0. The number of methoxy groups -OCH3 is 2. The molecule has 0 aromatic heterocycles. The lowest BCUT2D eigenvalue weighted by atomic mass is 9.89. The zero-order valence-corrected chi connectivity index (χ0v) is 33.5. The third-order valence-corrected chi connectivity index (χ3v) is 10.7. The quantitative estimate of drug-likeness (QED) is 0.148. The van der Waals surface area contributed by atoms with Gasteiger partial charge in [0.1, 0.15) is 17.9 Å². The first kappa shape index (κ1) is 45.5. The van der Waals surface area contributed by atoms with Crippen LogP contribution in [0.1, 0.15) is 79.7 Å². The van der Waals surface area contributed by atoms with Crippen molar-refractivity contribution in [2.75, 3.05) is 34.9 Å². The van der Waals surface area contributed by atoms with Crippen LogP contribution in [0.4, 0.5) is 4.39 Å². The molecular formula is C39H64FN5O8. The Balaban J connectivity index is 2.27. The minimum absolute atomic E-state index is 0.00844. The Bertz CT molecular complexity index is 1380. The summed E-state index contributed by atoms with van der Waals surface area (Å²) in [6.07, 6.45) is 0.190. The van der Waals surface area contributed by atoms with Crippen molar-refractivity contribution >= 4 is 29.6 Å². The van der Waals surface area contributed by atoms with E-state index in [1.807, 2.05) is 41.5 Å². The van der Waals surface area contributed by atoms with E-state index >= 15 is 0 Å². The van der Waals surface area contributed by atoms with Gasteiger partial charge in [-0.15, -0.1) is 0 Å². The number of halogens is 1. The smallest absolute Gasteiger partial charge is 0.326 e. The molecule has 4 N–H and O–H groups in total. The van der Waals surface area contributed by atoms with Crippen LogP contribution in [0.15, 0.2) is 24.3 Å². The molecule has 1 fully saturated rings. The van der Waals surface area contributed by atoms with Crippen LogP contribution in [-0.4, -0.2) is 122 Å². The number of amides is 4. The molecule has 53 heavy (non-hydrogen) atoms. The molecule has 1 aliphatic heterocycles. The maximum absolute atomic E-state index is 14.3. The molecule has 4 amide bonds. The number of likely N-dealkylation sites (N-methyl/N-ethyl adjacent to an activating group) is 2. The van der Waals surface area contributed by atoms with E-state index in [9.17, 15) is 33.5 Å². The van der Waals surface area contributed by atoms with Crippen LogP contribution < -0.4 is 16.0 Å². The molecular weight excluding hydrogens is 685 g/mol. The van der Waals surface area contributed by atoms with Crippen LogP contribution in [0, 0.1) is 29.5 Å². The summed E-state index contributed by atoms with van der Waals surface area (Å²) < 4.78 is 26.1. The highest BCUT2D eigenvalue weighted by atomic mass is 19.1. The van der Waals surface area contributed by atoms with E-state index in [1.165, 1.54) is 32.4 Å². The monoisotopic (exact) mass is 749 g/mol. The average molecular weight is 750 g/mol. The highest BCUT2D eigenvalue weighted by Crippen LogP contribution is 2.30. The SMILES string of the molecule is CC[C@H](C)C(C(CC(=O)N1CCC[C@H]1C(OC)[C@@H](C)C(=O)N[C@@H](Cc1ccccc1F)C(=O)O)OC)N(C)C(=O)[C@@H](NC(=O)C(NC)C(C)C)C(C)C. The normalized spacial score (nSPS) is 19.1. The minimum Gasteiger partial charge on any atom is -0.480 e. The van der Waals surface area contributed by atoms with Gasteiger partial charge >= 0.3 is 5.97 Å². The van der Waals surface area contributed by atoms with Crippen LogP contribution >= 0.6 is 0 Å². The topological polar surface area (TPSA) is 167 Å². The van der Waals surface area contributed by atoms with E-state index in [4.69, 9.17) is 9.47 Å². The highest BCUT2D eigenvalue weighted by molar-refractivity contribution is 5.90. The Morgan fingerprint density at radius 2 is 1.58 bits per heavy atom. The molecule has 1 aromatic rings. The highest BCUT2D eigenvalue weighted by Gasteiger charge is 2.43. The fourth-order valence-corrected chi connectivity index (χ4v) is 7.44. The van der Waals surface area contributed by atoms with Gasteiger partial charge in [0.25, 0.3) is 0 Å². The number of ether oxygens (including phenoxy) is 2. The molecule has 0 saturated carbocycles. The van der Waals surface area contributed by atoms with Gasteiger partial charge in [0, 0.05) is 34.2 Å². The van der Waals surface area contributed by atoms with Gasteiger partial charge in [-0.25, -0.2) is 9.18 Å². The number of benzene rings is 1. The molecule has 1 saturated heterocycles. The van der Waals surface area contributed by atoms with Gasteiger partial charge in [0.2, 0.25) is 23.6 Å². The number of carboxylic acid groups (broad SMARTS) is 1. The van der Waals surface area contributed by atoms with Crippen molar-refractivity contribution in [3.63, 3.8) is 0 Å². The van der Waals surface area contributed by atoms with Crippen molar-refractivity contribution in [3.05, 3.63) is 35.6 Å². The zero-order valence-electron chi connectivity index (χ0n) is 33.5. The maximum atomic E-state index is 14.3. The summed E-state index contributed by atoms with van der Waals surface area (Å²) in [5.74, 6) is -4.34. The first-order valence-corrected chi connectivity index (χ1v) is 18.8. The zero-order chi connectivity index (χ0) is 40.2. The second kappa shape index (κ2) is 21.3. The number of hydrogen-bond donors (Lipinski definition) is 4. The predicted molar refractivity (Wildman–Crippen MR) is 200 cm³/mol. The third-order valence-electron chi connectivity index (χ3n) is 10.7. The number of aliphatic carboxylic acids is 1. The lowest BCUT2D eigenvalue weighted by Gasteiger charge is -2.41. The first-order valence-electron chi connectivity index (χ1n) is 18.8. The molecule has 1 heterocycles. The third kappa shape index (κ3) is 11.9. The number of nitrogens with one attached hydrogen (secondary N) is 3. The van der Waals surface area contributed by atoms with Gasteiger partial charge in [-0.3, -0.25) is 19.2 Å². The van der Waals surface area contributed by atoms with Gasteiger partial charge in [0.05, 0.1) is 42.7 Å². The Morgan fingerprint density at radius 1 is 0.962 bits per heavy atom. The van der Waals surface area contributed by atoms with E-state index in [0.29, 0.717) is 25.8 Å². The fourth-order valence-electron chi connectivity index (χ4n) is 7.44. The number of likely N-dealkylation sites (tertiary alicyclic amines) is 1. The van der Waals surface area contributed by atoms with Gasteiger partial charge in [-0.1, -0.05) is 73.1 Å². The number of carboxylic acids is 1. The lowest BCUT2D eigenvalue weighted by molar-refractivity contribution is -0.148. The van der Waals surface area contributed by atoms with E-state index in [-0.39, 0.29) is 53.9 Å². The lowest BCUT2D eigenvalue weighted by Crippen LogP contribution is -2.59. The molecule has 0 aliphatic carbocycles. The van der Waals surface area contributed by atoms with Gasteiger partial charge in [-0.05, 0) is 49.3 Å². The molecule has 9 atom stereocenters. The van der Waals surface area contributed by atoms with Gasteiger partial charge in [0.15, 0.2) is 0 Å². The van der Waals surface area contributed by atoms with E-state index in [2.05, 4.69) is 16.0 Å². The molecule has 300 valence electrons. The summed E-state index contributed by atoms with van der Waals surface area (Å²) in [5.41, 5.74) is 0.164. The Kier molecular flexibility index (Phi) is 18.3. The summed E-state index contributed by atoms with van der Waals surface area (Å²) in [4.78, 5) is 70.2. The number of carbonyl (C=O) groups is 5. The molecule has 0 radical (unpaired) electrons. The Morgan fingerprint density at radius 3 is 2.09 bits per heavy atom. The summed E-state index contributed by atoms with van der Waals surface area (Å²) in [6, 6.07) is 2.18. The average Bonchev–Trinajstić information content (AvgIpc) is 3.60.